The number of non-ortho nitro benzene ring substituents is 1. The fraction of sp³-hybridized carbons (Fsp3) is 0.0909. The second-order valence-corrected chi connectivity index (χ2v) is 7.11. The Morgan fingerprint density at radius 3 is 2.47 bits per heavy atom. The van der Waals surface area contributed by atoms with Gasteiger partial charge in [0.05, 0.1) is 16.0 Å². The molecule has 0 bridgehead atoms. The van der Waals surface area contributed by atoms with E-state index in [0.29, 0.717) is 28.0 Å². The Morgan fingerprint density at radius 2 is 1.81 bits per heavy atom. The summed E-state index contributed by atoms with van der Waals surface area (Å²) >= 11 is 0. The second-order valence-electron chi connectivity index (χ2n) is 7.11. The number of imidazole rings is 1. The van der Waals surface area contributed by atoms with Crippen LogP contribution in [0, 0.1) is 10.1 Å². The predicted molar refractivity (Wildman–Crippen MR) is 117 cm³/mol. The molecule has 0 saturated heterocycles. The largest absolute Gasteiger partial charge is 0.368 e. The summed E-state index contributed by atoms with van der Waals surface area (Å²) in [5.74, 6) is -0.537. The number of hydrogen-bond acceptors (Lipinski definition) is 6. The summed E-state index contributed by atoms with van der Waals surface area (Å²) in [5, 5.41) is 13.4. The first-order chi connectivity index (χ1) is 15.4. The first-order valence-electron chi connectivity index (χ1n) is 9.64. The molecule has 1 atom stereocenters. The topological polar surface area (TPSA) is 157 Å². The maximum atomic E-state index is 12.8. The van der Waals surface area contributed by atoms with Gasteiger partial charge in [-0.15, -0.1) is 0 Å². The number of aromatic amines is 1. The first-order valence-corrected chi connectivity index (χ1v) is 9.64. The van der Waals surface area contributed by atoms with Crippen molar-refractivity contribution in [2.75, 3.05) is 0 Å². The Morgan fingerprint density at radius 1 is 1.09 bits per heavy atom. The number of pyridine rings is 1. The van der Waals surface area contributed by atoms with Crippen LogP contribution in [0.15, 0.2) is 67.0 Å². The molecule has 4 aromatic rings. The molecule has 4 N–H and O–H groups in total. The van der Waals surface area contributed by atoms with Gasteiger partial charge in [-0.1, -0.05) is 12.1 Å². The van der Waals surface area contributed by atoms with Gasteiger partial charge in [-0.3, -0.25) is 24.7 Å². The average Bonchev–Trinajstić information content (AvgIpc) is 3.23. The molecule has 0 spiro atoms. The third-order valence-electron chi connectivity index (χ3n) is 4.93. The van der Waals surface area contributed by atoms with Crippen molar-refractivity contribution in [1.29, 1.82) is 0 Å². The van der Waals surface area contributed by atoms with Crippen molar-refractivity contribution in [1.82, 2.24) is 20.3 Å². The molecule has 10 nitrogen and oxygen atoms in total. The lowest BCUT2D eigenvalue weighted by Gasteiger charge is -2.15. The van der Waals surface area contributed by atoms with Crippen molar-refractivity contribution in [2.24, 2.45) is 5.73 Å². The number of carbonyl (C=O) groups excluding carboxylic acids is 2. The number of nitro benzene ring substituents is 1. The molecule has 0 fully saturated rings. The quantitative estimate of drug-likeness (QED) is 0.302. The van der Waals surface area contributed by atoms with Crippen LogP contribution in [0.5, 0.6) is 0 Å². The fourth-order valence-electron chi connectivity index (χ4n) is 3.25. The monoisotopic (exact) mass is 430 g/mol. The van der Waals surface area contributed by atoms with Crippen LogP contribution in [-0.2, 0) is 11.2 Å². The molecule has 0 saturated carbocycles. The van der Waals surface area contributed by atoms with E-state index in [4.69, 9.17) is 5.73 Å². The smallest absolute Gasteiger partial charge is 0.269 e. The number of nitrogens with one attached hydrogen (secondary N) is 2. The fourth-order valence-corrected chi connectivity index (χ4v) is 3.25. The lowest BCUT2D eigenvalue weighted by Crippen LogP contribution is -2.45. The van der Waals surface area contributed by atoms with Crippen LogP contribution in [0.2, 0.25) is 0 Å². The van der Waals surface area contributed by atoms with Gasteiger partial charge >= 0.3 is 0 Å². The van der Waals surface area contributed by atoms with Gasteiger partial charge in [0.1, 0.15) is 11.9 Å². The SMILES string of the molecule is NC(=O)[C@@H](Cc1ccc([N+](=O)[O-])cc1)NC(=O)c1ccc2nc(-c3ccncc3)[nH]c2c1. The summed E-state index contributed by atoms with van der Waals surface area (Å²) < 4.78 is 0. The zero-order valence-electron chi connectivity index (χ0n) is 16.7. The Kier molecular flexibility index (Phi) is 5.58. The number of carbonyl (C=O) groups is 2. The van der Waals surface area contributed by atoms with Gasteiger partial charge in [-0.2, -0.15) is 0 Å². The molecule has 0 aliphatic heterocycles. The number of amides is 2. The van der Waals surface area contributed by atoms with Crippen LogP contribution >= 0.6 is 0 Å². The highest BCUT2D eigenvalue weighted by molar-refractivity contribution is 6.00. The third-order valence-corrected chi connectivity index (χ3v) is 4.93. The van der Waals surface area contributed by atoms with Crippen LogP contribution in [-0.4, -0.2) is 37.7 Å². The molecule has 0 aliphatic rings. The van der Waals surface area contributed by atoms with Gasteiger partial charge in [0.2, 0.25) is 5.91 Å². The number of hydrogen-bond donors (Lipinski definition) is 3. The lowest BCUT2D eigenvalue weighted by atomic mass is 10.0. The van der Waals surface area contributed by atoms with E-state index in [2.05, 4.69) is 20.3 Å². The van der Waals surface area contributed by atoms with Crippen molar-refractivity contribution in [3.05, 3.63) is 88.2 Å². The van der Waals surface area contributed by atoms with E-state index in [1.165, 1.54) is 24.3 Å². The van der Waals surface area contributed by atoms with Crippen molar-refractivity contribution in [3.63, 3.8) is 0 Å². The summed E-state index contributed by atoms with van der Waals surface area (Å²) in [5.41, 5.74) is 8.57. The molecule has 0 radical (unpaired) electrons. The summed E-state index contributed by atoms with van der Waals surface area (Å²) in [6.45, 7) is 0. The first kappa shape index (κ1) is 20.7. The number of H-pyrrole nitrogens is 1. The van der Waals surface area contributed by atoms with E-state index >= 15 is 0 Å². The molecule has 2 aromatic heterocycles. The highest BCUT2D eigenvalue weighted by Crippen LogP contribution is 2.21. The van der Waals surface area contributed by atoms with E-state index in [0.717, 1.165) is 5.56 Å². The van der Waals surface area contributed by atoms with Crippen LogP contribution in [0.4, 0.5) is 5.69 Å². The molecule has 2 heterocycles. The molecule has 0 unspecified atom stereocenters. The molecule has 2 amide bonds. The van der Waals surface area contributed by atoms with Gasteiger partial charge in [0, 0.05) is 42.1 Å². The van der Waals surface area contributed by atoms with Crippen molar-refractivity contribution in [2.45, 2.75) is 12.5 Å². The van der Waals surface area contributed by atoms with E-state index in [-0.39, 0.29) is 12.1 Å². The van der Waals surface area contributed by atoms with Crippen molar-refractivity contribution < 1.29 is 14.5 Å². The van der Waals surface area contributed by atoms with E-state index in [1.807, 2.05) is 12.1 Å². The standard InChI is InChI=1S/C22H18N6O4/c23-20(29)19(11-13-1-4-16(5-2-13)28(31)32)27-22(30)15-3-6-17-18(12-15)26-21(25-17)14-7-9-24-10-8-14/h1-10,12,19H,11H2,(H2,23,29)(H,25,26)(H,27,30)/t19-/m1/s1. The average molecular weight is 430 g/mol. The van der Waals surface area contributed by atoms with Crippen LogP contribution < -0.4 is 11.1 Å². The third kappa shape index (κ3) is 4.43. The zero-order valence-corrected chi connectivity index (χ0v) is 16.7. The number of nitrogens with two attached hydrogens (primary N) is 1. The minimum atomic E-state index is -0.978. The highest BCUT2D eigenvalue weighted by Gasteiger charge is 2.20. The summed E-state index contributed by atoms with van der Waals surface area (Å²) in [4.78, 5) is 46.6. The second kappa shape index (κ2) is 8.64. The van der Waals surface area contributed by atoms with E-state index in [9.17, 15) is 19.7 Å². The summed E-state index contributed by atoms with van der Waals surface area (Å²) in [7, 11) is 0. The predicted octanol–water partition coefficient (Wildman–Crippen LogP) is 2.36. The Balaban J connectivity index is 1.51. The van der Waals surface area contributed by atoms with Crippen LogP contribution in [0.1, 0.15) is 15.9 Å². The normalized spacial score (nSPS) is 11.8. The lowest BCUT2D eigenvalue weighted by molar-refractivity contribution is -0.384. The Bertz CT molecular complexity index is 1300. The number of rotatable bonds is 7. The van der Waals surface area contributed by atoms with Gasteiger partial charge in [-0.25, -0.2) is 4.98 Å². The molecular formula is C22H18N6O4. The van der Waals surface area contributed by atoms with Gasteiger partial charge in [-0.05, 0) is 35.9 Å². The Hall–Kier alpha value is -4.60. The number of nitro groups is 1. The van der Waals surface area contributed by atoms with Crippen molar-refractivity contribution >= 4 is 28.5 Å². The number of fused-ring (bicyclic) bond motifs is 1. The van der Waals surface area contributed by atoms with Crippen LogP contribution in [0.25, 0.3) is 22.4 Å². The minimum Gasteiger partial charge on any atom is -0.368 e. The van der Waals surface area contributed by atoms with Gasteiger partial charge in [0.15, 0.2) is 0 Å². The molecule has 2 aromatic carbocycles. The maximum Gasteiger partial charge on any atom is 0.269 e. The summed E-state index contributed by atoms with van der Waals surface area (Å²) in [6, 6.07) is 13.3. The molecule has 10 heteroatoms. The highest BCUT2D eigenvalue weighted by atomic mass is 16.6. The maximum absolute atomic E-state index is 12.8. The summed E-state index contributed by atoms with van der Waals surface area (Å²) in [6.07, 6.45) is 3.43. The van der Waals surface area contributed by atoms with Gasteiger partial charge in [0.25, 0.3) is 11.6 Å². The molecule has 4 rings (SSSR count). The van der Waals surface area contributed by atoms with Gasteiger partial charge < -0.3 is 16.0 Å². The molecule has 0 aliphatic carbocycles. The zero-order chi connectivity index (χ0) is 22.7. The molecule has 160 valence electrons. The van der Waals surface area contributed by atoms with E-state index in [1.54, 1.807) is 30.6 Å². The molecular weight excluding hydrogens is 412 g/mol. The van der Waals surface area contributed by atoms with E-state index < -0.39 is 22.8 Å². The number of primary amides is 1. The Labute approximate surface area is 181 Å². The minimum absolute atomic E-state index is 0.0626. The number of benzene rings is 2. The number of aromatic nitrogens is 3. The number of nitrogens with zero attached hydrogens (tertiary/aromatic N) is 3. The van der Waals surface area contributed by atoms with Crippen molar-refractivity contribution in [3.8, 4) is 11.4 Å². The molecule has 32 heavy (non-hydrogen) atoms. The van der Waals surface area contributed by atoms with Crippen LogP contribution in [0.3, 0.4) is 0 Å².